The maximum Gasteiger partial charge on any atom is 0.183 e. The minimum atomic E-state index is 0.596. The summed E-state index contributed by atoms with van der Waals surface area (Å²) in [7, 11) is 0. The van der Waals surface area contributed by atoms with Crippen molar-refractivity contribution in [2.24, 2.45) is 0 Å². The average Bonchev–Trinajstić information content (AvgIpc) is 2.68. The lowest BCUT2D eigenvalue weighted by atomic mass is 10.1. The van der Waals surface area contributed by atoms with E-state index < -0.39 is 0 Å². The van der Waals surface area contributed by atoms with Crippen LogP contribution in [0.3, 0.4) is 0 Å². The monoisotopic (exact) mass is 261 g/mol. The van der Waals surface area contributed by atoms with Crippen molar-refractivity contribution in [2.45, 2.75) is 52.1 Å². The van der Waals surface area contributed by atoms with Gasteiger partial charge in [-0.1, -0.05) is 50.6 Å². The zero-order valence-electron chi connectivity index (χ0n) is 9.88. The first kappa shape index (κ1) is 13.9. The van der Waals surface area contributed by atoms with Gasteiger partial charge in [0, 0.05) is 12.8 Å². The number of aromatic nitrogens is 1. The van der Waals surface area contributed by atoms with Crippen molar-refractivity contribution in [3.63, 3.8) is 0 Å². The number of hydrogen-bond acceptors (Lipinski definition) is 3. The normalized spacial score (nSPS) is 10.9. The molecule has 1 rings (SSSR count). The zero-order valence-corrected chi connectivity index (χ0v) is 11.4. The summed E-state index contributed by atoms with van der Waals surface area (Å²) in [6.07, 6.45) is 9.60. The van der Waals surface area contributed by atoms with E-state index in [0.29, 0.717) is 11.1 Å². The number of rotatable bonds is 9. The highest BCUT2D eigenvalue weighted by Crippen LogP contribution is 2.18. The summed E-state index contributed by atoms with van der Waals surface area (Å²) in [5.74, 6) is 0. The molecule has 0 aliphatic heterocycles. The fourth-order valence-corrected chi connectivity index (χ4v) is 2.42. The van der Waals surface area contributed by atoms with Crippen LogP contribution in [0.15, 0.2) is 6.20 Å². The van der Waals surface area contributed by atoms with Crippen molar-refractivity contribution in [1.82, 2.24) is 4.98 Å². The zero-order chi connectivity index (χ0) is 11.6. The molecule has 0 saturated carbocycles. The lowest BCUT2D eigenvalue weighted by Gasteiger charge is -2.02. The van der Waals surface area contributed by atoms with E-state index in [1.54, 1.807) is 6.20 Å². The van der Waals surface area contributed by atoms with Gasteiger partial charge in [-0.3, -0.25) is 0 Å². The van der Waals surface area contributed by atoms with Gasteiger partial charge in [0.25, 0.3) is 0 Å². The standard InChI is InChI=1S/C12H20ClNOS/c1-2-3-4-5-6-7-8-15-10-11-9-14-12(13)16-11/h9H,2-8,10H2,1H3. The second-order valence-corrected chi connectivity index (χ2v) is 5.60. The molecular formula is C12H20ClNOS. The Kier molecular flexibility index (Phi) is 7.81. The van der Waals surface area contributed by atoms with Crippen molar-refractivity contribution < 1.29 is 4.74 Å². The van der Waals surface area contributed by atoms with Crippen LogP contribution in [0.25, 0.3) is 0 Å². The lowest BCUT2D eigenvalue weighted by Crippen LogP contribution is -1.93. The van der Waals surface area contributed by atoms with Gasteiger partial charge in [-0.2, -0.15) is 0 Å². The fourth-order valence-electron chi connectivity index (χ4n) is 1.51. The quantitative estimate of drug-likeness (QED) is 0.603. The average molecular weight is 262 g/mol. The lowest BCUT2D eigenvalue weighted by molar-refractivity contribution is 0.118. The molecule has 1 heterocycles. The van der Waals surface area contributed by atoms with Gasteiger partial charge in [-0.25, -0.2) is 4.98 Å². The number of unbranched alkanes of at least 4 members (excludes halogenated alkanes) is 5. The topological polar surface area (TPSA) is 22.1 Å². The highest BCUT2D eigenvalue weighted by Gasteiger charge is 1.98. The maximum atomic E-state index is 5.72. The third kappa shape index (κ3) is 6.46. The van der Waals surface area contributed by atoms with Gasteiger partial charge in [0.1, 0.15) is 0 Å². The van der Waals surface area contributed by atoms with Gasteiger partial charge in [0.05, 0.1) is 11.5 Å². The molecule has 0 aliphatic rings. The van der Waals surface area contributed by atoms with Crippen LogP contribution in [0, 0.1) is 0 Å². The molecule has 16 heavy (non-hydrogen) atoms. The highest BCUT2D eigenvalue weighted by atomic mass is 35.5. The van der Waals surface area contributed by atoms with Crippen molar-refractivity contribution in [3.05, 3.63) is 15.5 Å². The third-order valence-corrected chi connectivity index (χ3v) is 3.50. The summed E-state index contributed by atoms with van der Waals surface area (Å²) in [6.45, 7) is 3.74. The predicted molar refractivity (Wildman–Crippen MR) is 70.2 cm³/mol. The van der Waals surface area contributed by atoms with Gasteiger partial charge in [-0.15, -0.1) is 11.3 Å². The SMILES string of the molecule is CCCCCCCCOCc1cnc(Cl)s1. The Balaban J connectivity index is 1.88. The molecule has 0 aliphatic carbocycles. The Hall–Kier alpha value is -0.120. The van der Waals surface area contributed by atoms with Gasteiger partial charge in [-0.05, 0) is 6.42 Å². The number of nitrogens with zero attached hydrogens (tertiary/aromatic N) is 1. The van der Waals surface area contributed by atoms with E-state index in [0.717, 1.165) is 17.9 Å². The molecule has 0 aromatic carbocycles. The van der Waals surface area contributed by atoms with Crippen LogP contribution >= 0.6 is 22.9 Å². The molecule has 1 aromatic rings. The number of thiazole rings is 1. The highest BCUT2D eigenvalue weighted by molar-refractivity contribution is 7.15. The number of hydrogen-bond donors (Lipinski definition) is 0. The van der Waals surface area contributed by atoms with Gasteiger partial charge in [0.15, 0.2) is 4.47 Å². The van der Waals surface area contributed by atoms with Gasteiger partial charge in [0.2, 0.25) is 0 Å². The predicted octanol–water partition coefficient (Wildman–Crippen LogP) is 4.67. The molecule has 0 N–H and O–H groups in total. The second-order valence-electron chi connectivity index (χ2n) is 3.90. The molecule has 0 radical (unpaired) electrons. The first-order valence-electron chi connectivity index (χ1n) is 6.01. The van der Waals surface area contributed by atoms with Crippen LogP contribution in [0.4, 0.5) is 0 Å². The summed E-state index contributed by atoms with van der Waals surface area (Å²) in [5, 5.41) is 0. The molecular weight excluding hydrogens is 242 g/mol. The summed E-state index contributed by atoms with van der Waals surface area (Å²) in [6, 6.07) is 0. The van der Waals surface area contributed by atoms with Crippen LogP contribution in [0.5, 0.6) is 0 Å². The first-order valence-corrected chi connectivity index (χ1v) is 7.20. The molecule has 0 fully saturated rings. The van der Waals surface area contributed by atoms with Crippen molar-refractivity contribution in [2.75, 3.05) is 6.61 Å². The Morgan fingerprint density at radius 1 is 1.25 bits per heavy atom. The summed E-state index contributed by atoms with van der Waals surface area (Å²) >= 11 is 7.22. The van der Waals surface area contributed by atoms with Crippen molar-refractivity contribution in [3.8, 4) is 0 Å². The summed E-state index contributed by atoms with van der Waals surface area (Å²) in [5.41, 5.74) is 0. The molecule has 2 nitrogen and oxygen atoms in total. The van der Waals surface area contributed by atoms with E-state index in [4.69, 9.17) is 16.3 Å². The number of halogens is 1. The van der Waals surface area contributed by atoms with Crippen LogP contribution in [0.2, 0.25) is 4.47 Å². The summed E-state index contributed by atoms with van der Waals surface area (Å²) in [4.78, 5) is 5.08. The Morgan fingerprint density at radius 2 is 2.00 bits per heavy atom. The molecule has 0 unspecified atom stereocenters. The van der Waals surface area contributed by atoms with Crippen LogP contribution < -0.4 is 0 Å². The fraction of sp³-hybridized carbons (Fsp3) is 0.750. The van der Waals surface area contributed by atoms with Crippen LogP contribution in [-0.4, -0.2) is 11.6 Å². The molecule has 4 heteroatoms. The van der Waals surface area contributed by atoms with E-state index in [1.807, 2.05) is 0 Å². The van der Waals surface area contributed by atoms with Gasteiger partial charge < -0.3 is 4.74 Å². The maximum absolute atomic E-state index is 5.72. The van der Waals surface area contributed by atoms with Crippen molar-refractivity contribution in [1.29, 1.82) is 0 Å². The Morgan fingerprint density at radius 3 is 2.69 bits per heavy atom. The molecule has 0 atom stereocenters. The van der Waals surface area contributed by atoms with E-state index in [1.165, 1.54) is 43.4 Å². The third-order valence-electron chi connectivity index (χ3n) is 2.41. The van der Waals surface area contributed by atoms with E-state index in [2.05, 4.69) is 11.9 Å². The van der Waals surface area contributed by atoms with Crippen molar-refractivity contribution >= 4 is 22.9 Å². The Bertz CT molecular complexity index is 278. The molecule has 1 aromatic heterocycles. The smallest absolute Gasteiger partial charge is 0.183 e. The van der Waals surface area contributed by atoms with Gasteiger partial charge >= 0.3 is 0 Å². The Labute approximate surface area is 107 Å². The minimum absolute atomic E-state index is 0.596. The van der Waals surface area contributed by atoms with Crippen LogP contribution in [0.1, 0.15) is 50.3 Å². The second kappa shape index (κ2) is 8.97. The molecule has 92 valence electrons. The van der Waals surface area contributed by atoms with E-state index in [9.17, 15) is 0 Å². The van der Waals surface area contributed by atoms with Crippen LogP contribution in [-0.2, 0) is 11.3 Å². The molecule has 0 bridgehead atoms. The first-order chi connectivity index (χ1) is 7.83. The summed E-state index contributed by atoms with van der Waals surface area (Å²) < 4.78 is 6.15. The molecule has 0 saturated heterocycles. The molecule has 0 spiro atoms. The molecule has 0 amide bonds. The largest absolute Gasteiger partial charge is 0.376 e. The van der Waals surface area contributed by atoms with E-state index >= 15 is 0 Å². The number of ether oxygens (including phenoxy) is 1. The minimum Gasteiger partial charge on any atom is -0.376 e. The van der Waals surface area contributed by atoms with E-state index in [-0.39, 0.29) is 0 Å².